The molecule has 1 amide bonds. The number of aliphatic hydroxyl groups is 1. The van der Waals surface area contributed by atoms with Gasteiger partial charge >= 0.3 is 0 Å². The summed E-state index contributed by atoms with van der Waals surface area (Å²) in [6.07, 6.45) is 3.43. The zero-order chi connectivity index (χ0) is 16.8. The maximum Gasteiger partial charge on any atom is 0.255 e. The predicted molar refractivity (Wildman–Crippen MR) is 99.3 cm³/mol. The Morgan fingerprint density at radius 1 is 1.12 bits per heavy atom. The Bertz CT molecular complexity index is 533. The number of piperidine rings is 1. The Labute approximate surface area is 149 Å². The van der Waals surface area contributed by atoms with Gasteiger partial charge in [-0.05, 0) is 31.2 Å². The smallest absolute Gasteiger partial charge is 0.255 e. The van der Waals surface area contributed by atoms with Crippen molar-refractivity contribution in [1.82, 2.24) is 9.80 Å². The lowest BCUT2D eigenvalue weighted by Gasteiger charge is -2.41. The highest BCUT2D eigenvalue weighted by Crippen LogP contribution is 2.25. The summed E-state index contributed by atoms with van der Waals surface area (Å²) in [5.74, 6) is 2.15. The molecule has 1 aromatic rings. The van der Waals surface area contributed by atoms with Crippen molar-refractivity contribution >= 4 is 17.7 Å². The number of nitrogens with zero attached hydrogens (tertiary/aromatic N) is 2. The first-order valence-corrected chi connectivity index (χ1v) is 10.2. The van der Waals surface area contributed by atoms with Crippen molar-refractivity contribution in [3.05, 3.63) is 35.9 Å². The maximum absolute atomic E-state index is 12.8. The Kier molecular flexibility index (Phi) is 6.19. The molecule has 0 radical (unpaired) electrons. The molecular formula is C19H28N2O2S. The maximum atomic E-state index is 12.8. The molecule has 5 heteroatoms. The van der Waals surface area contributed by atoms with E-state index < -0.39 is 5.60 Å². The van der Waals surface area contributed by atoms with Crippen molar-refractivity contribution < 1.29 is 9.90 Å². The molecule has 0 spiro atoms. The molecule has 1 N–H and O–H groups in total. The van der Waals surface area contributed by atoms with Crippen LogP contribution in [0.2, 0.25) is 0 Å². The summed E-state index contributed by atoms with van der Waals surface area (Å²) < 4.78 is 0. The van der Waals surface area contributed by atoms with Crippen LogP contribution >= 0.6 is 11.8 Å². The fourth-order valence-corrected chi connectivity index (χ4v) is 4.65. The van der Waals surface area contributed by atoms with Crippen molar-refractivity contribution in [2.45, 2.75) is 31.3 Å². The predicted octanol–water partition coefficient (Wildman–Crippen LogP) is 2.02. The van der Waals surface area contributed by atoms with Gasteiger partial charge < -0.3 is 10.0 Å². The highest BCUT2D eigenvalue weighted by Gasteiger charge is 2.43. The SMILES string of the molecule is O=C1N(CCCc2ccccc2)CCC[C@]1(O)CN1CCSCC1. The lowest BCUT2D eigenvalue weighted by molar-refractivity contribution is -0.159. The summed E-state index contributed by atoms with van der Waals surface area (Å²) in [6.45, 7) is 3.99. The van der Waals surface area contributed by atoms with E-state index in [1.165, 1.54) is 5.56 Å². The number of carbonyl (C=O) groups excluding carboxylic acids is 1. The summed E-state index contributed by atoms with van der Waals surface area (Å²) in [7, 11) is 0. The third kappa shape index (κ3) is 4.52. The molecule has 0 aliphatic carbocycles. The number of thioether (sulfide) groups is 1. The largest absolute Gasteiger partial charge is 0.379 e. The van der Waals surface area contributed by atoms with Crippen molar-refractivity contribution in [3.8, 4) is 0 Å². The van der Waals surface area contributed by atoms with Gasteiger partial charge in [0.15, 0.2) is 5.60 Å². The van der Waals surface area contributed by atoms with Crippen LogP contribution in [0.25, 0.3) is 0 Å². The molecule has 0 bridgehead atoms. The van der Waals surface area contributed by atoms with Crippen molar-refractivity contribution in [3.63, 3.8) is 0 Å². The minimum atomic E-state index is -1.17. The molecule has 2 saturated heterocycles. The highest BCUT2D eigenvalue weighted by atomic mass is 32.2. The summed E-state index contributed by atoms with van der Waals surface area (Å²) in [5, 5.41) is 10.9. The van der Waals surface area contributed by atoms with Crippen molar-refractivity contribution in [2.24, 2.45) is 0 Å². The van der Waals surface area contributed by atoms with Crippen LogP contribution in [-0.4, -0.2) is 70.6 Å². The molecule has 2 aliphatic rings. The Morgan fingerprint density at radius 3 is 2.62 bits per heavy atom. The average Bonchev–Trinajstić information content (AvgIpc) is 2.61. The van der Waals surface area contributed by atoms with Gasteiger partial charge in [-0.1, -0.05) is 30.3 Å². The lowest BCUT2D eigenvalue weighted by Crippen LogP contribution is -2.59. The van der Waals surface area contributed by atoms with E-state index in [4.69, 9.17) is 0 Å². The second-order valence-electron chi connectivity index (χ2n) is 6.91. The monoisotopic (exact) mass is 348 g/mol. The van der Waals surface area contributed by atoms with Gasteiger partial charge in [-0.2, -0.15) is 11.8 Å². The van der Waals surface area contributed by atoms with Gasteiger partial charge in [0.25, 0.3) is 5.91 Å². The van der Waals surface area contributed by atoms with E-state index >= 15 is 0 Å². The van der Waals surface area contributed by atoms with Crippen molar-refractivity contribution in [1.29, 1.82) is 0 Å². The number of β-amino-alcohol motifs (C(OH)–C–C–N with tert-alkyl or cyclic N) is 1. The van der Waals surface area contributed by atoms with Gasteiger partial charge in [0, 0.05) is 44.2 Å². The molecule has 0 unspecified atom stereocenters. The van der Waals surface area contributed by atoms with Crippen LogP contribution in [0.5, 0.6) is 0 Å². The number of benzene rings is 1. The molecule has 2 fully saturated rings. The molecule has 24 heavy (non-hydrogen) atoms. The second kappa shape index (κ2) is 8.37. The lowest BCUT2D eigenvalue weighted by atomic mass is 9.90. The molecular weight excluding hydrogens is 320 g/mol. The molecule has 2 heterocycles. The van der Waals surface area contributed by atoms with Crippen LogP contribution in [0.4, 0.5) is 0 Å². The minimum Gasteiger partial charge on any atom is -0.379 e. The van der Waals surface area contributed by atoms with Crippen LogP contribution in [0.15, 0.2) is 30.3 Å². The van der Waals surface area contributed by atoms with E-state index in [0.717, 1.165) is 56.9 Å². The van der Waals surface area contributed by atoms with E-state index in [0.29, 0.717) is 13.0 Å². The van der Waals surface area contributed by atoms with Crippen LogP contribution in [0, 0.1) is 0 Å². The number of amides is 1. The Morgan fingerprint density at radius 2 is 1.88 bits per heavy atom. The molecule has 0 saturated carbocycles. The fraction of sp³-hybridized carbons (Fsp3) is 0.632. The average molecular weight is 349 g/mol. The van der Waals surface area contributed by atoms with Gasteiger partial charge in [-0.15, -0.1) is 0 Å². The summed E-state index contributed by atoms with van der Waals surface area (Å²) in [6, 6.07) is 10.4. The van der Waals surface area contributed by atoms with Gasteiger partial charge in [0.2, 0.25) is 0 Å². The summed E-state index contributed by atoms with van der Waals surface area (Å²) in [4.78, 5) is 16.9. The molecule has 2 aliphatic heterocycles. The molecule has 1 aromatic carbocycles. The number of hydrogen-bond donors (Lipinski definition) is 1. The first-order chi connectivity index (χ1) is 11.7. The number of likely N-dealkylation sites (tertiary alicyclic amines) is 1. The first kappa shape index (κ1) is 17.8. The van der Waals surface area contributed by atoms with Crippen molar-refractivity contribution in [2.75, 3.05) is 44.2 Å². The summed E-state index contributed by atoms with van der Waals surface area (Å²) in [5.41, 5.74) is 0.135. The van der Waals surface area contributed by atoms with E-state index in [9.17, 15) is 9.90 Å². The van der Waals surface area contributed by atoms with Gasteiger partial charge in [-0.3, -0.25) is 9.69 Å². The number of aryl methyl sites for hydroxylation is 1. The van der Waals surface area contributed by atoms with E-state index in [-0.39, 0.29) is 5.91 Å². The number of rotatable bonds is 6. The van der Waals surface area contributed by atoms with Crippen LogP contribution in [0.3, 0.4) is 0 Å². The summed E-state index contributed by atoms with van der Waals surface area (Å²) >= 11 is 1.95. The Hall–Kier alpha value is -1.04. The van der Waals surface area contributed by atoms with Gasteiger partial charge in [0.1, 0.15) is 0 Å². The van der Waals surface area contributed by atoms with Gasteiger partial charge in [0.05, 0.1) is 0 Å². The number of carbonyl (C=O) groups is 1. The topological polar surface area (TPSA) is 43.8 Å². The minimum absolute atomic E-state index is 0.0555. The second-order valence-corrected chi connectivity index (χ2v) is 8.13. The Balaban J connectivity index is 1.51. The highest BCUT2D eigenvalue weighted by molar-refractivity contribution is 7.99. The zero-order valence-electron chi connectivity index (χ0n) is 14.3. The molecule has 1 atom stereocenters. The van der Waals surface area contributed by atoms with Crippen LogP contribution in [0.1, 0.15) is 24.8 Å². The molecule has 3 rings (SSSR count). The molecule has 4 nitrogen and oxygen atoms in total. The third-order valence-electron chi connectivity index (χ3n) is 5.03. The zero-order valence-corrected chi connectivity index (χ0v) is 15.1. The molecule has 0 aromatic heterocycles. The van der Waals surface area contributed by atoms with E-state index in [1.807, 2.05) is 22.7 Å². The van der Waals surface area contributed by atoms with E-state index in [2.05, 4.69) is 29.2 Å². The standard InChI is InChI=1S/C19H28N2O2S/c22-18-19(23,16-20-12-14-24-15-13-20)9-5-11-21(18)10-4-8-17-6-2-1-3-7-17/h1-3,6-7,23H,4-5,8-16H2/t19-/m0/s1. The third-order valence-corrected chi connectivity index (χ3v) is 5.97. The number of hydrogen-bond acceptors (Lipinski definition) is 4. The van der Waals surface area contributed by atoms with Crippen LogP contribution < -0.4 is 0 Å². The van der Waals surface area contributed by atoms with Crippen LogP contribution in [-0.2, 0) is 11.2 Å². The fourth-order valence-electron chi connectivity index (χ4n) is 3.67. The van der Waals surface area contributed by atoms with Gasteiger partial charge in [-0.25, -0.2) is 0 Å². The molecule has 132 valence electrons. The first-order valence-electron chi connectivity index (χ1n) is 9.03. The quantitative estimate of drug-likeness (QED) is 0.854. The van der Waals surface area contributed by atoms with E-state index in [1.54, 1.807) is 0 Å². The normalized spacial score (nSPS) is 25.9.